The number of imidazole rings is 1. The lowest BCUT2D eigenvalue weighted by Gasteiger charge is -2.11. The number of carbonyl (C=O) groups excluding carboxylic acids is 1. The van der Waals surface area contributed by atoms with Gasteiger partial charge < -0.3 is 15.0 Å². The molecule has 28 heavy (non-hydrogen) atoms. The summed E-state index contributed by atoms with van der Waals surface area (Å²) in [7, 11) is 0. The van der Waals surface area contributed by atoms with Crippen molar-refractivity contribution in [3.8, 4) is 0 Å². The van der Waals surface area contributed by atoms with Gasteiger partial charge >= 0.3 is 0 Å². The molecule has 2 N–H and O–H groups in total. The Kier molecular flexibility index (Phi) is 6.84. The maximum absolute atomic E-state index is 12.9. The van der Waals surface area contributed by atoms with Crippen LogP contribution in [0.5, 0.6) is 0 Å². The van der Waals surface area contributed by atoms with Gasteiger partial charge in [0.05, 0.1) is 24.3 Å². The van der Waals surface area contributed by atoms with Gasteiger partial charge in [-0.15, -0.1) is 0 Å². The first-order valence-corrected chi connectivity index (χ1v) is 9.88. The number of hydrogen-bond acceptors (Lipinski definition) is 4. The zero-order chi connectivity index (χ0) is 19.9. The lowest BCUT2D eigenvalue weighted by atomic mass is 10.1. The quantitative estimate of drug-likeness (QED) is 0.571. The molecular weight excluding hydrogens is 377 g/mol. The van der Waals surface area contributed by atoms with Crippen molar-refractivity contribution in [2.45, 2.75) is 31.8 Å². The number of halogens is 1. The van der Waals surface area contributed by atoms with Crippen molar-refractivity contribution < 1.29 is 14.3 Å². The summed E-state index contributed by atoms with van der Waals surface area (Å²) >= 11 is 1.32. The number of benzene rings is 2. The van der Waals surface area contributed by atoms with E-state index in [0.717, 1.165) is 11.1 Å². The van der Waals surface area contributed by atoms with E-state index in [4.69, 9.17) is 0 Å². The van der Waals surface area contributed by atoms with Gasteiger partial charge in [0.1, 0.15) is 5.82 Å². The summed E-state index contributed by atoms with van der Waals surface area (Å²) in [4.78, 5) is 16.5. The zero-order valence-corrected chi connectivity index (χ0v) is 16.4. The second-order valence-electron chi connectivity index (χ2n) is 6.45. The molecule has 0 aliphatic carbocycles. The smallest absolute Gasteiger partial charge is 0.230 e. The Labute approximate surface area is 167 Å². The van der Waals surface area contributed by atoms with Crippen LogP contribution in [0.15, 0.2) is 59.9 Å². The largest absolute Gasteiger partial charge is 0.390 e. The van der Waals surface area contributed by atoms with E-state index < -0.39 is 0 Å². The van der Waals surface area contributed by atoms with Crippen molar-refractivity contribution in [1.29, 1.82) is 0 Å². The minimum atomic E-state index is -0.300. The second kappa shape index (κ2) is 9.52. The van der Waals surface area contributed by atoms with Crippen LogP contribution in [0.4, 0.5) is 4.39 Å². The van der Waals surface area contributed by atoms with Gasteiger partial charge in [0.25, 0.3) is 0 Å². The van der Waals surface area contributed by atoms with Crippen molar-refractivity contribution in [3.05, 3.63) is 82.9 Å². The van der Waals surface area contributed by atoms with Gasteiger partial charge in [0.15, 0.2) is 5.16 Å². The van der Waals surface area contributed by atoms with Gasteiger partial charge in [-0.2, -0.15) is 0 Å². The second-order valence-corrected chi connectivity index (χ2v) is 7.40. The monoisotopic (exact) mass is 399 g/mol. The molecule has 0 unspecified atom stereocenters. The molecule has 5 nitrogen and oxygen atoms in total. The number of amides is 1. The van der Waals surface area contributed by atoms with Crippen LogP contribution in [0.3, 0.4) is 0 Å². The van der Waals surface area contributed by atoms with E-state index in [0.29, 0.717) is 23.9 Å². The Morgan fingerprint density at radius 2 is 1.82 bits per heavy atom. The molecule has 0 atom stereocenters. The molecule has 0 bridgehead atoms. The number of aromatic nitrogens is 2. The molecular formula is C21H22FN3O2S. The average molecular weight is 399 g/mol. The lowest BCUT2D eigenvalue weighted by molar-refractivity contribution is -0.118. The average Bonchev–Trinajstić information content (AvgIpc) is 3.09. The minimum Gasteiger partial charge on any atom is -0.390 e. The Bertz CT molecular complexity index is 924. The number of nitrogens with zero attached hydrogens (tertiary/aromatic N) is 2. The highest BCUT2D eigenvalue weighted by Crippen LogP contribution is 2.20. The predicted molar refractivity (Wildman–Crippen MR) is 107 cm³/mol. The first-order valence-electron chi connectivity index (χ1n) is 8.90. The summed E-state index contributed by atoms with van der Waals surface area (Å²) in [6, 6.07) is 14.2. The van der Waals surface area contributed by atoms with Crippen molar-refractivity contribution in [2.24, 2.45) is 0 Å². The minimum absolute atomic E-state index is 0.115. The summed E-state index contributed by atoms with van der Waals surface area (Å²) in [5.41, 5.74) is 3.82. The van der Waals surface area contributed by atoms with Gasteiger partial charge in [-0.1, -0.05) is 53.7 Å². The molecule has 0 fully saturated rings. The highest BCUT2D eigenvalue weighted by molar-refractivity contribution is 7.99. The van der Waals surface area contributed by atoms with Crippen LogP contribution in [-0.2, 0) is 24.5 Å². The molecule has 1 heterocycles. The summed E-state index contributed by atoms with van der Waals surface area (Å²) < 4.78 is 14.8. The Morgan fingerprint density at radius 1 is 1.14 bits per heavy atom. The van der Waals surface area contributed by atoms with Gasteiger partial charge in [-0.3, -0.25) is 4.79 Å². The summed E-state index contributed by atoms with van der Waals surface area (Å²) in [6.45, 7) is 2.84. The molecule has 3 rings (SSSR count). The zero-order valence-electron chi connectivity index (χ0n) is 15.6. The normalized spacial score (nSPS) is 10.8. The van der Waals surface area contributed by atoms with Gasteiger partial charge in [0, 0.05) is 13.1 Å². The van der Waals surface area contributed by atoms with Crippen molar-refractivity contribution in [2.75, 3.05) is 5.75 Å². The fourth-order valence-corrected chi connectivity index (χ4v) is 3.49. The molecule has 1 aromatic heterocycles. The van der Waals surface area contributed by atoms with E-state index in [1.807, 2.05) is 35.8 Å². The first kappa shape index (κ1) is 20.1. The number of carbonyl (C=O) groups is 1. The van der Waals surface area contributed by atoms with Crippen molar-refractivity contribution >= 4 is 17.7 Å². The van der Waals surface area contributed by atoms with Gasteiger partial charge in [0.2, 0.25) is 5.91 Å². The lowest BCUT2D eigenvalue weighted by Crippen LogP contribution is -2.24. The Morgan fingerprint density at radius 3 is 2.50 bits per heavy atom. The standard InChI is InChI=1S/C21H22FN3O2S/c1-15-2-4-17(5-3-15)12-25-19(13-26)11-24-21(25)28-14-20(27)23-10-16-6-8-18(22)9-7-16/h2-9,11,26H,10,12-14H2,1H3,(H,23,27). The van der Waals surface area contributed by atoms with E-state index in [9.17, 15) is 14.3 Å². The first-order chi connectivity index (χ1) is 13.5. The maximum atomic E-state index is 12.9. The van der Waals surface area contributed by atoms with Crippen LogP contribution < -0.4 is 5.32 Å². The van der Waals surface area contributed by atoms with Crippen molar-refractivity contribution in [1.82, 2.24) is 14.9 Å². The number of hydrogen-bond donors (Lipinski definition) is 2. The summed E-state index contributed by atoms with van der Waals surface area (Å²) in [5, 5.41) is 13.1. The van der Waals surface area contributed by atoms with Crippen LogP contribution in [0, 0.1) is 12.7 Å². The molecule has 0 aliphatic rings. The Balaban J connectivity index is 1.59. The van der Waals surface area contributed by atoms with Crippen LogP contribution in [0.25, 0.3) is 0 Å². The predicted octanol–water partition coefficient (Wildman–Crippen LogP) is 3.28. The third-order valence-electron chi connectivity index (χ3n) is 4.26. The highest BCUT2D eigenvalue weighted by Gasteiger charge is 2.12. The number of rotatable bonds is 8. The van der Waals surface area contributed by atoms with Crippen molar-refractivity contribution in [3.63, 3.8) is 0 Å². The summed E-state index contributed by atoms with van der Waals surface area (Å²) in [5.74, 6) is -0.229. The highest BCUT2D eigenvalue weighted by atomic mass is 32.2. The third-order valence-corrected chi connectivity index (χ3v) is 5.25. The van der Waals surface area contributed by atoms with Crippen LogP contribution in [0.1, 0.15) is 22.4 Å². The molecule has 0 spiro atoms. The molecule has 3 aromatic rings. The molecule has 146 valence electrons. The molecule has 0 radical (unpaired) electrons. The van der Waals surface area contributed by atoms with Crippen LogP contribution >= 0.6 is 11.8 Å². The molecule has 0 saturated carbocycles. The molecule has 0 aliphatic heterocycles. The number of aliphatic hydroxyl groups excluding tert-OH is 1. The number of aryl methyl sites for hydroxylation is 1. The molecule has 2 aromatic carbocycles. The van der Waals surface area contributed by atoms with Crippen LogP contribution in [-0.4, -0.2) is 26.3 Å². The molecule has 7 heteroatoms. The van der Waals surface area contributed by atoms with E-state index in [-0.39, 0.29) is 24.1 Å². The van der Waals surface area contributed by atoms with E-state index in [1.165, 1.54) is 29.5 Å². The molecule has 0 saturated heterocycles. The van der Waals surface area contributed by atoms with E-state index in [1.54, 1.807) is 18.3 Å². The fourth-order valence-electron chi connectivity index (χ4n) is 2.66. The van der Waals surface area contributed by atoms with Gasteiger partial charge in [-0.05, 0) is 30.2 Å². The maximum Gasteiger partial charge on any atom is 0.230 e. The third kappa shape index (κ3) is 5.43. The van der Waals surface area contributed by atoms with E-state index >= 15 is 0 Å². The van der Waals surface area contributed by atoms with E-state index in [2.05, 4.69) is 10.3 Å². The Hall–Kier alpha value is -2.64. The molecule has 1 amide bonds. The van der Waals surface area contributed by atoms with Gasteiger partial charge in [-0.25, -0.2) is 9.37 Å². The van der Waals surface area contributed by atoms with Crippen LogP contribution in [0.2, 0.25) is 0 Å². The fraction of sp³-hybridized carbons (Fsp3) is 0.238. The number of nitrogens with one attached hydrogen (secondary N) is 1. The topological polar surface area (TPSA) is 67.1 Å². The number of aliphatic hydroxyl groups is 1. The number of thioether (sulfide) groups is 1. The summed E-state index contributed by atoms with van der Waals surface area (Å²) in [6.07, 6.45) is 1.63. The SMILES string of the molecule is Cc1ccc(Cn2c(CO)cnc2SCC(=O)NCc2ccc(F)cc2)cc1.